The molecule has 0 amide bonds. The first-order chi connectivity index (χ1) is 8.31. The van der Waals surface area contributed by atoms with Crippen molar-refractivity contribution in [2.75, 3.05) is 19.8 Å². The number of rotatable bonds is 4. The zero-order chi connectivity index (χ0) is 12.1. The van der Waals surface area contributed by atoms with E-state index >= 15 is 0 Å². The summed E-state index contributed by atoms with van der Waals surface area (Å²) in [5.74, 6) is 1.17. The average molecular weight is 299 g/mol. The van der Waals surface area contributed by atoms with Crippen molar-refractivity contribution in [2.24, 2.45) is 5.92 Å². The average Bonchev–Trinajstić information content (AvgIpc) is 2.38. The molecule has 0 saturated carbocycles. The van der Waals surface area contributed by atoms with Crippen LogP contribution >= 0.6 is 15.9 Å². The summed E-state index contributed by atoms with van der Waals surface area (Å²) in [6.07, 6.45) is 2.88. The van der Waals surface area contributed by atoms with E-state index in [9.17, 15) is 4.79 Å². The largest absolute Gasteiger partial charge is 0.491 e. The second kappa shape index (κ2) is 6.17. The highest BCUT2D eigenvalue weighted by atomic mass is 79.9. The van der Waals surface area contributed by atoms with E-state index in [1.165, 1.54) is 0 Å². The number of carbonyl (C=O) groups excluding carboxylic acids is 1. The Morgan fingerprint density at radius 3 is 2.88 bits per heavy atom. The molecule has 1 fully saturated rings. The van der Waals surface area contributed by atoms with E-state index in [1.54, 1.807) is 6.07 Å². The maximum absolute atomic E-state index is 10.9. The van der Waals surface area contributed by atoms with Gasteiger partial charge in [-0.25, -0.2) is 0 Å². The quantitative estimate of drug-likeness (QED) is 0.802. The van der Waals surface area contributed by atoms with E-state index in [0.717, 1.165) is 36.8 Å². The lowest BCUT2D eigenvalue weighted by atomic mass is 10.0. The Morgan fingerprint density at radius 1 is 1.41 bits per heavy atom. The van der Waals surface area contributed by atoms with Crippen LogP contribution in [0.4, 0.5) is 0 Å². The fraction of sp³-hybridized carbons (Fsp3) is 0.462. The zero-order valence-electron chi connectivity index (χ0n) is 9.52. The molecule has 3 nitrogen and oxygen atoms in total. The highest BCUT2D eigenvalue weighted by Crippen LogP contribution is 2.29. The Labute approximate surface area is 109 Å². The minimum Gasteiger partial charge on any atom is -0.491 e. The number of hydrogen-bond donors (Lipinski definition) is 0. The molecule has 1 aliphatic heterocycles. The zero-order valence-corrected chi connectivity index (χ0v) is 11.1. The van der Waals surface area contributed by atoms with Gasteiger partial charge in [0.25, 0.3) is 0 Å². The fourth-order valence-electron chi connectivity index (χ4n) is 1.88. The maximum Gasteiger partial charge on any atom is 0.153 e. The SMILES string of the molecule is O=Cc1cccc(Br)c1OCC1CCOCC1. The first-order valence-corrected chi connectivity index (χ1v) is 6.55. The minimum absolute atomic E-state index is 0.523. The van der Waals surface area contributed by atoms with Crippen LogP contribution in [0.5, 0.6) is 5.75 Å². The van der Waals surface area contributed by atoms with Crippen molar-refractivity contribution in [2.45, 2.75) is 12.8 Å². The summed E-state index contributed by atoms with van der Waals surface area (Å²) in [4.78, 5) is 10.9. The molecule has 17 heavy (non-hydrogen) atoms. The molecule has 0 spiro atoms. The standard InChI is InChI=1S/C13H15BrO3/c14-12-3-1-2-11(8-15)13(12)17-9-10-4-6-16-7-5-10/h1-3,8,10H,4-7,9H2. The van der Waals surface area contributed by atoms with Crippen LogP contribution in [0.15, 0.2) is 22.7 Å². The Balaban J connectivity index is 2.00. The molecule has 0 unspecified atom stereocenters. The van der Waals surface area contributed by atoms with Crippen LogP contribution in [-0.2, 0) is 4.74 Å². The molecule has 0 bridgehead atoms. The van der Waals surface area contributed by atoms with E-state index in [4.69, 9.17) is 9.47 Å². The van der Waals surface area contributed by atoms with Crippen LogP contribution in [0.2, 0.25) is 0 Å². The molecule has 1 saturated heterocycles. The molecule has 0 N–H and O–H groups in total. The van der Waals surface area contributed by atoms with Gasteiger partial charge in [0.15, 0.2) is 6.29 Å². The van der Waals surface area contributed by atoms with E-state index < -0.39 is 0 Å². The monoisotopic (exact) mass is 298 g/mol. The van der Waals surface area contributed by atoms with Crippen LogP contribution in [0.1, 0.15) is 23.2 Å². The van der Waals surface area contributed by atoms with Gasteiger partial charge in [0.2, 0.25) is 0 Å². The van der Waals surface area contributed by atoms with Crippen molar-refractivity contribution in [1.29, 1.82) is 0 Å². The highest BCUT2D eigenvalue weighted by molar-refractivity contribution is 9.10. The van der Waals surface area contributed by atoms with Crippen molar-refractivity contribution >= 4 is 22.2 Å². The second-order valence-corrected chi connectivity index (χ2v) is 5.00. The van der Waals surface area contributed by atoms with Gasteiger partial charge in [-0.05, 0) is 46.8 Å². The summed E-state index contributed by atoms with van der Waals surface area (Å²) in [7, 11) is 0. The number of para-hydroxylation sites is 1. The third kappa shape index (κ3) is 3.30. The summed E-state index contributed by atoms with van der Waals surface area (Å²) in [5.41, 5.74) is 0.589. The number of hydrogen-bond acceptors (Lipinski definition) is 3. The summed E-state index contributed by atoms with van der Waals surface area (Å²) in [6.45, 7) is 2.27. The van der Waals surface area contributed by atoms with Crippen LogP contribution in [0, 0.1) is 5.92 Å². The molecule has 1 aromatic rings. The molecule has 4 heteroatoms. The Morgan fingerprint density at radius 2 is 2.18 bits per heavy atom. The molecule has 92 valence electrons. The van der Waals surface area contributed by atoms with Gasteiger partial charge >= 0.3 is 0 Å². The molecular formula is C13H15BrO3. The van der Waals surface area contributed by atoms with E-state index in [-0.39, 0.29) is 0 Å². The lowest BCUT2D eigenvalue weighted by molar-refractivity contribution is 0.0495. The third-order valence-electron chi connectivity index (χ3n) is 2.93. The lowest BCUT2D eigenvalue weighted by Gasteiger charge is -2.22. The number of benzene rings is 1. The molecule has 1 aromatic carbocycles. The number of carbonyl (C=O) groups is 1. The van der Waals surface area contributed by atoms with Gasteiger partial charge in [-0.15, -0.1) is 0 Å². The summed E-state index contributed by atoms with van der Waals surface area (Å²) in [6, 6.07) is 5.47. The summed E-state index contributed by atoms with van der Waals surface area (Å²) >= 11 is 3.40. The van der Waals surface area contributed by atoms with Gasteiger partial charge in [0, 0.05) is 13.2 Å². The molecule has 1 aliphatic rings. The van der Waals surface area contributed by atoms with Crippen LogP contribution in [0.25, 0.3) is 0 Å². The van der Waals surface area contributed by atoms with Crippen molar-refractivity contribution < 1.29 is 14.3 Å². The number of halogens is 1. The van der Waals surface area contributed by atoms with Gasteiger partial charge in [0.05, 0.1) is 16.6 Å². The van der Waals surface area contributed by atoms with Crippen molar-refractivity contribution in [3.63, 3.8) is 0 Å². The maximum atomic E-state index is 10.9. The highest BCUT2D eigenvalue weighted by Gasteiger charge is 2.16. The van der Waals surface area contributed by atoms with Gasteiger partial charge in [-0.1, -0.05) is 6.07 Å². The van der Waals surface area contributed by atoms with Gasteiger partial charge < -0.3 is 9.47 Å². The van der Waals surface area contributed by atoms with E-state index in [1.807, 2.05) is 12.1 Å². The minimum atomic E-state index is 0.523. The first-order valence-electron chi connectivity index (χ1n) is 5.75. The van der Waals surface area contributed by atoms with Crippen LogP contribution in [0.3, 0.4) is 0 Å². The van der Waals surface area contributed by atoms with Gasteiger partial charge in [0.1, 0.15) is 5.75 Å². The fourth-order valence-corrected chi connectivity index (χ4v) is 2.38. The summed E-state index contributed by atoms with van der Waals surface area (Å²) in [5, 5.41) is 0. The molecule has 1 heterocycles. The van der Waals surface area contributed by atoms with Crippen molar-refractivity contribution in [3.8, 4) is 5.75 Å². The number of aldehydes is 1. The molecule has 0 atom stereocenters. The Hall–Kier alpha value is -0.870. The smallest absolute Gasteiger partial charge is 0.153 e. The number of ether oxygens (including phenoxy) is 2. The normalized spacial score (nSPS) is 16.8. The molecule has 0 aliphatic carbocycles. The second-order valence-electron chi connectivity index (χ2n) is 4.14. The predicted octanol–water partition coefficient (Wildman–Crippen LogP) is 3.07. The molecule has 0 aromatic heterocycles. The van der Waals surface area contributed by atoms with Crippen LogP contribution < -0.4 is 4.74 Å². The van der Waals surface area contributed by atoms with E-state index in [0.29, 0.717) is 23.8 Å². The molecule has 0 radical (unpaired) electrons. The topological polar surface area (TPSA) is 35.5 Å². The first kappa shape index (κ1) is 12.6. The Kier molecular flexibility index (Phi) is 4.57. The van der Waals surface area contributed by atoms with Gasteiger partial charge in [-0.2, -0.15) is 0 Å². The lowest BCUT2D eigenvalue weighted by Crippen LogP contribution is -2.21. The Bertz CT molecular complexity index is 386. The van der Waals surface area contributed by atoms with E-state index in [2.05, 4.69) is 15.9 Å². The van der Waals surface area contributed by atoms with Crippen LogP contribution in [-0.4, -0.2) is 26.1 Å². The molecule has 2 rings (SSSR count). The van der Waals surface area contributed by atoms with Gasteiger partial charge in [-0.3, -0.25) is 4.79 Å². The summed E-state index contributed by atoms with van der Waals surface area (Å²) < 4.78 is 11.9. The third-order valence-corrected chi connectivity index (χ3v) is 3.55. The van der Waals surface area contributed by atoms with Crippen molar-refractivity contribution in [3.05, 3.63) is 28.2 Å². The van der Waals surface area contributed by atoms with Crippen molar-refractivity contribution in [1.82, 2.24) is 0 Å². The molecular weight excluding hydrogens is 284 g/mol. The predicted molar refractivity (Wildman–Crippen MR) is 68.6 cm³/mol.